The van der Waals surface area contributed by atoms with Crippen molar-refractivity contribution in [3.63, 3.8) is 0 Å². The van der Waals surface area contributed by atoms with Crippen molar-refractivity contribution in [2.75, 3.05) is 0 Å². The summed E-state index contributed by atoms with van der Waals surface area (Å²) in [7, 11) is 0. The first-order valence-corrected chi connectivity index (χ1v) is 5.72. The molecule has 17 heavy (non-hydrogen) atoms. The Labute approximate surface area is 104 Å². The van der Waals surface area contributed by atoms with Gasteiger partial charge in [-0.25, -0.2) is 0 Å². The van der Waals surface area contributed by atoms with E-state index in [1.165, 1.54) is 12.5 Å². The predicted octanol–water partition coefficient (Wildman–Crippen LogP) is 3.25. The normalized spacial score (nSPS) is 11.1. The third-order valence-electron chi connectivity index (χ3n) is 2.52. The van der Waals surface area contributed by atoms with Gasteiger partial charge in [0.25, 0.3) is 0 Å². The van der Waals surface area contributed by atoms with E-state index in [4.69, 9.17) is 16.0 Å². The Morgan fingerprint density at radius 2 is 2.24 bits per heavy atom. The summed E-state index contributed by atoms with van der Waals surface area (Å²) >= 11 is 6.01. The summed E-state index contributed by atoms with van der Waals surface area (Å²) in [4.78, 5) is 12.3. The van der Waals surface area contributed by atoms with Crippen molar-refractivity contribution < 1.29 is 9.21 Å². The van der Waals surface area contributed by atoms with E-state index >= 15 is 0 Å². The monoisotopic (exact) mass is 252 g/mol. The molecule has 2 rings (SSSR count). The smallest absolute Gasteiger partial charge is 0.247 e. The SMILES string of the molecule is Cc1ccoc1C(=O)c1c(Cl)cnn1C(C)C. The fourth-order valence-corrected chi connectivity index (χ4v) is 1.87. The molecule has 0 radical (unpaired) electrons. The first-order valence-electron chi connectivity index (χ1n) is 5.34. The van der Waals surface area contributed by atoms with Crippen LogP contribution >= 0.6 is 11.6 Å². The van der Waals surface area contributed by atoms with Crippen molar-refractivity contribution >= 4 is 17.4 Å². The fourth-order valence-electron chi connectivity index (χ4n) is 1.66. The zero-order valence-corrected chi connectivity index (χ0v) is 10.7. The Hall–Kier alpha value is -1.55. The van der Waals surface area contributed by atoms with E-state index < -0.39 is 0 Å². The number of carbonyl (C=O) groups excluding carboxylic acids is 1. The summed E-state index contributed by atoms with van der Waals surface area (Å²) in [6.45, 7) is 5.70. The molecule has 0 fully saturated rings. The number of aromatic nitrogens is 2. The van der Waals surface area contributed by atoms with Crippen LogP contribution in [0.25, 0.3) is 0 Å². The van der Waals surface area contributed by atoms with Crippen LogP contribution in [0.15, 0.2) is 22.9 Å². The number of hydrogen-bond acceptors (Lipinski definition) is 3. The van der Waals surface area contributed by atoms with E-state index in [0.717, 1.165) is 5.56 Å². The number of ketones is 1. The van der Waals surface area contributed by atoms with E-state index in [9.17, 15) is 4.79 Å². The molecule has 0 aliphatic heterocycles. The second-order valence-corrected chi connectivity index (χ2v) is 4.55. The predicted molar refractivity (Wildman–Crippen MR) is 64.5 cm³/mol. The van der Waals surface area contributed by atoms with Gasteiger partial charge in [0.1, 0.15) is 5.69 Å². The van der Waals surface area contributed by atoms with E-state index in [-0.39, 0.29) is 11.8 Å². The Kier molecular flexibility index (Phi) is 3.07. The summed E-state index contributed by atoms with van der Waals surface area (Å²) in [6.07, 6.45) is 2.97. The maximum absolute atomic E-state index is 12.3. The van der Waals surface area contributed by atoms with Gasteiger partial charge in [0, 0.05) is 6.04 Å². The number of carbonyl (C=O) groups is 1. The lowest BCUT2D eigenvalue weighted by molar-refractivity contribution is 0.0996. The topological polar surface area (TPSA) is 48.0 Å². The van der Waals surface area contributed by atoms with E-state index in [0.29, 0.717) is 16.5 Å². The van der Waals surface area contributed by atoms with Crippen molar-refractivity contribution in [3.8, 4) is 0 Å². The summed E-state index contributed by atoms with van der Waals surface area (Å²) in [5.41, 5.74) is 1.17. The summed E-state index contributed by atoms with van der Waals surface area (Å²) in [5.74, 6) is 0.0815. The molecule has 0 N–H and O–H groups in total. The lowest BCUT2D eigenvalue weighted by atomic mass is 10.1. The maximum atomic E-state index is 12.3. The highest BCUT2D eigenvalue weighted by molar-refractivity contribution is 6.34. The minimum atomic E-state index is -0.233. The van der Waals surface area contributed by atoms with Gasteiger partial charge in [0.15, 0.2) is 5.76 Å². The van der Waals surface area contributed by atoms with E-state index in [1.807, 2.05) is 20.8 Å². The molecular formula is C12H13ClN2O2. The van der Waals surface area contributed by atoms with Gasteiger partial charge in [-0.1, -0.05) is 11.6 Å². The molecular weight excluding hydrogens is 240 g/mol. The summed E-state index contributed by atoms with van der Waals surface area (Å²) < 4.78 is 6.79. The quantitative estimate of drug-likeness (QED) is 0.788. The second kappa shape index (κ2) is 4.37. The molecule has 0 spiro atoms. The molecule has 4 nitrogen and oxygen atoms in total. The van der Waals surface area contributed by atoms with Crippen LogP contribution in [-0.2, 0) is 0 Å². The van der Waals surface area contributed by atoms with Crippen LogP contribution in [0.4, 0.5) is 0 Å². The molecule has 0 saturated carbocycles. The molecule has 2 aromatic rings. The largest absolute Gasteiger partial charge is 0.461 e. The third-order valence-corrected chi connectivity index (χ3v) is 2.80. The average molecular weight is 253 g/mol. The Bertz CT molecular complexity index is 555. The number of hydrogen-bond donors (Lipinski definition) is 0. The van der Waals surface area contributed by atoms with Crippen LogP contribution in [0.5, 0.6) is 0 Å². The van der Waals surface area contributed by atoms with Crippen LogP contribution < -0.4 is 0 Å². The molecule has 5 heteroatoms. The maximum Gasteiger partial charge on any atom is 0.247 e. The van der Waals surface area contributed by atoms with Crippen molar-refractivity contribution in [2.24, 2.45) is 0 Å². The lowest BCUT2D eigenvalue weighted by Crippen LogP contribution is -2.14. The zero-order valence-electron chi connectivity index (χ0n) is 9.90. The van der Waals surface area contributed by atoms with Crippen molar-refractivity contribution in [1.82, 2.24) is 9.78 Å². The van der Waals surface area contributed by atoms with Crippen LogP contribution in [0.3, 0.4) is 0 Å². The second-order valence-electron chi connectivity index (χ2n) is 4.14. The van der Waals surface area contributed by atoms with E-state index in [2.05, 4.69) is 5.10 Å². The van der Waals surface area contributed by atoms with Gasteiger partial charge in [-0.3, -0.25) is 9.48 Å². The zero-order chi connectivity index (χ0) is 12.6. The van der Waals surface area contributed by atoms with Crippen LogP contribution in [0.2, 0.25) is 5.02 Å². The average Bonchev–Trinajstić information content (AvgIpc) is 2.83. The Morgan fingerprint density at radius 1 is 1.53 bits per heavy atom. The molecule has 0 atom stereocenters. The van der Waals surface area contributed by atoms with Crippen molar-refractivity contribution in [1.29, 1.82) is 0 Å². The molecule has 2 heterocycles. The minimum absolute atomic E-state index is 0.0664. The molecule has 0 unspecified atom stereocenters. The van der Waals surface area contributed by atoms with Crippen molar-refractivity contribution in [3.05, 3.63) is 40.6 Å². The molecule has 0 saturated heterocycles. The first-order chi connectivity index (χ1) is 8.02. The van der Waals surface area contributed by atoms with Crippen LogP contribution in [-0.4, -0.2) is 15.6 Å². The summed E-state index contributed by atoms with van der Waals surface area (Å²) in [5, 5.41) is 4.44. The number of rotatable bonds is 3. The van der Waals surface area contributed by atoms with Gasteiger partial charge in [-0.2, -0.15) is 5.10 Å². The molecule has 0 aliphatic rings. The Balaban J connectivity index is 2.51. The molecule has 0 amide bonds. The highest BCUT2D eigenvalue weighted by atomic mass is 35.5. The Morgan fingerprint density at radius 3 is 2.76 bits per heavy atom. The van der Waals surface area contributed by atoms with Gasteiger partial charge in [0.2, 0.25) is 5.78 Å². The van der Waals surface area contributed by atoms with Gasteiger partial charge >= 0.3 is 0 Å². The highest BCUT2D eigenvalue weighted by Gasteiger charge is 2.24. The van der Waals surface area contributed by atoms with Crippen LogP contribution in [0.1, 0.15) is 41.7 Å². The number of aryl methyl sites for hydroxylation is 1. The van der Waals surface area contributed by atoms with E-state index in [1.54, 1.807) is 10.7 Å². The first kappa shape index (κ1) is 11.9. The molecule has 2 aromatic heterocycles. The van der Waals surface area contributed by atoms with Gasteiger partial charge < -0.3 is 4.42 Å². The molecule has 90 valence electrons. The number of halogens is 1. The standard InChI is InChI=1S/C12H13ClN2O2/c1-7(2)15-10(9(13)6-14-15)11(16)12-8(3)4-5-17-12/h4-7H,1-3H3. The molecule has 0 aliphatic carbocycles. The lowest BCUT2D eigenvalue weighted by Gasteiger charge is -2.09. The van der Waals surface area contributed by atoms with Gasteiger partial charge in [-0.05, 0) is 32.4 Å². The van der Waals surface area contributed by atoms with Crippen LogP contribution in [0, 0.1) is 6.92 Å². The van der Waals surface area contributed by atoms with Gasteiger partial charge in [0.05, 0.1) is 17.5 Å². The van der Waals surface area contributed by atoms with Gasteiger partial charge in [-0.15, -0.1) is 0 Å². The van der Waals surface area contributed by atoms with Crippen molar-refractivity contribution in [2.45, 2.75) is 26.8 Å². The highest BCUT2D eigenvalue weighted by Crippen LogP contribution is 2.23. The molecule has 0 aromatic carbocycles. The third kappa shape index (κ3) is 2.00. The fraction of sp³-hybridized carbons (Fsp3) is 0.333. The number of nitrogens with zero attached hydrogens (tertiary/aromatic N) is 2. The molecule has 0 bridgehead atoms. The number of furan rings is 1. The minimum Gasteiger partial charge on any atom is -0.461 e. The summed E-state index contributed by atoms with van der Waals surface area (Å²) in [6, 6.07) is 1.81.